The van der Waals surface area contributed by atoms with Crippen LogP contribution in [0.2, 0.25) is 0 Å². The number of rotatable bonds is 2. The zero-order valence-electron chi connectivity index (χ0n) is 10.4. The van der Waals surface area contributed by atoms with Crippen LogP contribution in [0.1, 0.15) is 44.1 Å². The Hall–Kier alpha value is -1.43. The van der Waals surface area contributed by atoms with E-state index in [1.165, 1.54) is 12.1 Å². The molecule has 1 aromatic carbocycles. The Kier molecular flexibility index (Phi) is 3.96. The second-order valence-corrected chi connectivity index (χ2v) is 5.26. The molecule has 18 heavy (non-hydrogen) atoms. The molecule has 0 bridgehead atoms. The van der Waals surface area contributed by atoms with E-state index in [9.17, 15) is 14.0 Å². The lowest BCUT2D eigenvalue weighted by molar-refractivity contribution is 0.338. The van der Waals surface area contributed by atoms with Gasteiger partial charge in [-0.3, -0.25) is 0 Å². The summed E-state index contributed by atoms with van der Waals surface area (Å²) in [5.41, 5.74) is 0.160. The van der Waals surface area contributed by atoms with E-state index in [1.54, 1.807) is 0 Å². The molecular formula is C15H17F2N. The van der Waals surface area contributed by atoms with Crippen LogP contribution >= 0.6 is 0 Å². The third-order valence-corrected chi connectivity index (χ3v) is 3.76. The Morgan fingerprint density at radius 3 is 2.06 bits per heavy atom. The van der Waals surface area contributed by atoms with Crippen LogP contribution in [0.4, 0.5) is 8.78 Å². The fourth-order valence-electron chi connectivity index (χ4n) is 2.84. The lowest BCUT2D eigenvalue weighted by Gasteiger charge is -2.24. The van der Waals surface area contributed by atoms with E-state index in [0.717, 1.165) is 44.6 Å². The fraction of sp³-hybridized carbons (Fsp3) is 0.533. The molecule has 0 N–H and O–H groups in total. The molecule has 0 atom stereocenters. The molecule has 0 radical (unpaired) electrons. The van der Waals surface area contributed by atoms with Crippen LogP contribution in [-0.4, -0.2) is 0 Å². The number of hydrogen-bond acceptors (Lipinski definition) is 1. The molecule has 0 heterocycles. The van der Waals surface area contributed by atoms with Gasteiger partial charge in [0, 0.05) is 6.07 Å². The van der Waals surface area contributed by atoms with Crippen molar-refractivity contribution in [2.45, 2.75) is 44.9 Å². The van der Waals surface area contributed by atoms with Crippen molar-refractivity contribution in [1.29, 1.82) is 5.26 Å². The van der Waals surface area contributed by atoms with Crippen LogP contribution in [0.5, 0.6) is 0 Å². The smallest absolute Gasteiger partial charge is 0.126 e. The molecular weight excluding hydrogens is 232 g/mol. The fourth-order valence-corrected chi connectivity index (χ4v) is 2.84. The van der Waals surface area contributed by atoms with E-state index in [1.807, 2.05) is 0 Å². The molecule has 0 unspecified atom stereocenters. The highest BCUT2D eigenvalue weighted by atomic mass is 19.1. The molecule has 1 aliphatic carbocycles. The molecule has 0 aromatic heterocycles. The number of nitriles is 1. The summed E-state index contributed by atoms with van der Waals surface area (Å²) in [6.45, 7) is 0. The first-order valence-electron chi connectivity index (χ1n) is 6.50. The van der Waals surface area contributed by atoms with Crippen molar-refractivity contribution in [2.24, 2.45) is 5.41 Å². The Labute approximate surface area is 106 Å². The van der Waals surface area contributed by atoms with Crippen molar-refractivity contribution in [3.8, 4) is 6.07 Å². The first-order chi connectivity index (χ1) is 8.63. The second-order valence-electron chi connectivity index (χ2n) is 5.26. The van der Waals surface area contributed by atoms with Crippen LogP contribution in [0, 0.1) is 28.4 Å². The first-order valence-corrected chi connectivity index (χ1v) is 6.50. The van der Waals surface area contributed by atoms with Gasteiger partial charge in [-0.15, -0.1) is 0 Å². The van der Waals surface area contributed by atoms with Gasteiger partial charge in [-0.05, 0) is 37.0 Å². The normalized spacial score (nSPS) is 18.9. The molecule has 2 rings (SSSR count). The molecule has 96 valence electrons. The van der Waals surface area contributed by atoms with Gasteiger partial charge in [0.05, 0.1) is 11.5 Å². The molecule has 1 saturated carbocycles. The third kappa shape index (κ3) is 3.07. The van der Waals surface area contributed by atoms with Crippen molar-refractivity contribution in [3.05, 3.63) is 35.4 Å². The lowest BCUT2D eigenvalue weighted by atomic mass is 9.77. The van der Waals surface area contributed by atoms with Gasteiger partial charge in [-0.2, -0.15) is 5.26 Å². The van der Waals surface area contributed by atoms with Gasteiger partial charge in [-0.25, -0.2) is 8.78 Å². The summed E-state index contributed by atoms with van der Waals surface area (Å²) >= 11 is 0. The van der Waals surface area contributed by atoms with E-state index in [2.05, 4.69) is 6.07 Å². The van der Waals surface area contributed by atoms with E-state index >= 15 is 0 Å². The maximum absolute atomic E-state index is 13.2. The quantitative estimate of drug-likeness (QED) is 0.714. The van der Waals surface area contributed by atoms with Crippen LogP contribution in [0.15, 0.2) is 18.2 Å². The van der Waals surface area contributed by atoms with E-state index in [0.29, 0.717) is 12.0 Å². The molecule has 0 saturated heterocycles. The summed E-state index contributed by atoms with van der Waals surface area (Å²) in [5, 5.41) is 9.43. The topological polar surface area (TPSA) is 23.8 Å². The Bertz CT molecular complexity index is 434. The van der Waals surface area contributed by atoms with Crippen molar-refractivity contribution in [2.75, 3.05) is 0 Å². The zero-order valence-corrected chi connectivity index (χ0v) is 10.4. The van der Waals surface area contributed by atoms with Gasteiger partial charge in [0.25, 0.3) is 0 Å². The molecule has 0 aliphatic heterocycles. The first kappa shape index (κ1) is 13.0. The minimum absolute atomic E-state index is 0.434. The third-order valence-electron chi connectivity index (χ3n) is 3.76. The minimum Gasteiger partial charge on any atom is -0.207 e. The SMILES string of the molecule is N#CC1(Cc2cc(F)cc(F)c2)CCCCCC1. The van der Waals surface area contributed by atoms with E-state index in [4.69, 9.17) is 0 Å². The summed E-state index contributed by atoms with van der Waals surface area (Å²) in [4.78, 5) is 0. The summed E-state index contributed by atoms with van der Waals surface area (Å²) in [5.74, 6) is -1.13. The molecule has 1 fully saturated rings. The standard InChI is InChI=1S/C15H17F2N/c16-13-7-12(8-14(17)9-13)10-15(11-18)5-3-1-2-4-6-15/h7-9H,1-6,10H2. The molecule has 1 nitrogen and oxygen atoms in total. The Balaban J connectivity index is 2.21. The Morgan fingerprint density at radius 2 is 1.56 bits per heavy atom. The molecule has 0 spiro atoms. The number of halogens is 2. The van der Waals surface area contributed by atoms with Gasteiger partial charge in [0.15, 0.2) is 0 Å². The van der Waals surface area contributed by atoms with E-state index in [-0.39, 0.29) is 0 Å². The second kappa shape index (κ2) is 5.48. The van der Waals surface area contributed by atoms with Crippen molar-refractivity contribution >= 4 is 0 Å². The largest absolute Gasteiger partial charge is 0.207 e. The number of hydrogen-bond donors (Lipinski definition) is 0. The average molecular weight is 249 g/mol. The minimum atomic E-state index is -0.563. The highest BCUT2D eigenvalue weighted by molar-refractivity contribution is 5.21. The van der Waals surface area contributed by atoms with Gasteiger partial charge >= 0.3 is 0 Å². The van der Waals surface area contributed by atoms with Crippen LogP contribution in [-0.2, 0) is 6.42 Å². The van der Waals surface area contributed by atoms with Crippen LogP contribution in [0.25, 0.3) is 0 Å². The predicted molar refractivity (Wildman–Crippen MR) is 65.8 cm³/mol. The molecule has 3 heteroatoms. The van der Waals surface area contributed by atoms with Crippen LogP contribution < -0.4 is 0 Å². The van der Waals surface area contributed by atoms with Gasteiger partial charge in [-0.1, -0.05) is 25.7 Å². The summed E-state index contributed by atoms with van der Waals surface area (Å²) < 4.78 is 26.3. The van der Waals surface area contributed by atoms with Gasteiger partial charge in [0.2, 0.25) is 0 Å². The summed E-state index contributed by atoms with van der Waals surface area (Å²) in [7, 11) is 0. The molecule has 1 aromatic rings. The highest BCUT2D eigenvalue weighted by Gasteiger charge is 2.31. The average Bonchev–Trinajstić information content (AvgIpc) is 2.54. The monoisotopic (exact) mass is 249 g/mol. The van der Waals surface area contributed by atoms with Crippen molar-refractivity contribution in [1.82, 2.24) is 0 Å². The van der Waals surface area contributed by atoms with Gasteiger partial charge < -0.3 is 0 Å². The van der Waals surface area contributed by atoms with Crippen molar-refractivity contribution in [3.63, 3.8) is 0 Å². The predicted octanol–water partition coefficient (Wildman–Crippen LogP) is 4.37. The van der Waals surface area contributed by atoms with Crippen LogP contribution in [0.3, 0.4) is 0 Å². The number of benzene rings is 1. The zero-order chi connectivity index (χ0) is 13.0. The van der Waals surface area contributed by atoms with Gasteiger partial charge in [0.1, 0.15) is 11.6 Å². The van der Waals surface area contributed by atoms with E-state index < -0.39 is 17.0 Å². The lowest BCUT2D eigenvalue weighted by Crippen LogP contribution is -2.21. The molecule has 1 aliphatic rings. The highest BCUT2D eigenvalue weighted by Crippen LogP contribution is 2.37. The summed E-state index contributed by atoms with van der Waals surface area (Å²) in [6, 6.07) is 5.95. The molecule has 0 amide bonds. The summed E-state index contributed by atoms with van der Waals surface area (Å²) in [6.07, 6.45) is 6.50. The van der Waals surface area contributed by atoms with Crippen molar-refractivity contribution < 1.29 is 8.78 Å². The maximum Gasteiger partial charge on any atom is 0.126 e. The Morgan fingerprint density at radius 1 is 1.00 bits per heavy atom. The maximum atomic E-state index is 13.2. The number of nitrogens with zero attached hydrogens (tertiary/aromatic N) is 1.